The molecule has 74 heavy (non-hydrogen) atoms. The SMILES string of the molecule is C[C@H](/C=C/C(=O)SCCNC(=O)CCNC(=O)[C@H](O)C(C)(C)COP(=O)([O-])OP(=O)([O-])OC[C@H]1O[C@@H](n2cnc3c(N)ncnc32)[C@H](O)[C@@H]1OP(=O)([O-])[O-])[C@H]1CC[C@H]2[C@@H]3CCC4=CC(=O)CC[C@]4(C)[C@H]3CC[C@]12C. The molecule has 25 nitrogen and oxygen atoms in total. The summed E-state index contributed by atoms with van der Waals surface area (Å²) in [6, 6.07) is 0. The van der Waals surface area contributed by atoms with Crippen LogP contribution in [0, 0.1) is 45.8 Å². The smallest absolute Gasteiger partial charge is 0.274 e. The molecule has 2 amide bonds. The molecule has 1 aliphatic heterocycles. The number of hydrogen-bond acceptors (Lipinski definition) is 23. The Labute approximate surface area is 432 Å². The lowest BCUT2D eigenvalue weighted by Gasteiger charge is -2.58. The van der Waals surface area contributed by atoms with E-state index >= 15 is 0 Å². The van der Waals surface area contributed by atoms with E-state index in [0.717, 1.165) is 61.1 Å². The van der Waals surface area contributed by atoms with Crippen LogP contribution >= 0.6 is 35.2 Å². The maximum absolute atomic E-state index is 12.8. The summed E-state index contributed by atoms with van der Waals surface area (Å²) >= 11 is 1.07. The minimum absolute atomic E-state index is 0.0225. The van der Waals surface area contributed by atoms with Crippen molar-refractivity contribution in [2.75, 3.05) is 37.8 Å². The van der Waals surface area contributed by atoms with Crippen LogP contribution < -0.4 is 35.9 Å². The molecule has 0 aromatic carbocycles. The summed E-state index contributed by atoms with van der Waals surface area (Å²) in [6.45, 7) is 7.12. The number of ether oxygens (including phenoxy) is 1. The summed E-state index contributed by atoms with van der Waals surface area (Å²) in [5, 5.41) is 26.5. The lowest BCUT2D eigenvalue weighted by Crippen LogP contribution is -2.50. The van der Waals surface area contributed by atoms with Gasteiger partial charge < -0.3 is 69.0 Å². The van der Waals surface area contributed by atoms with Crippen LogP contribution in [0.2, 0.25) is 0 Å². The molecule has 5 aliphatic rings. The second-order valence-corrected chi connectivity index (χ2v) is 26.2. The fourth-order valence-corrected chi connectivity index (χ4v) is 15.5. The van der Waals surface area contributed by atoms with Crippen molar-refractivity contribution >= 4 is 74.9 Å². The molecule has 0 radical (unpaired) electrons. The van der Waals surface area contributed by atoms with Crippen molar-refractivity contribution in [2.24, 2.45) is 45.8 Å². The van der Waals surface area contributed by atoms with Gasteiger partial charge in [0.05, 0.1) is 27.4 Å². The number of hydrogen-bond donors (Lipinski definition) is 5. The molecule has 14 atom stereocenters. The number of phosphoric acid groups is 3. The van der Waals surface area contributed by atoms with E-state index in [-0.39, 0.29) is 64.1 Å². The number of nitrogens with zero attached hydrogens (tertiary/aromatic N) is 4. The minimum atomic E-state index is -5.94. The Morgan fingerprint density at radius 3 is 2.47 bits per heavy atom. The number of aliphatic hydroxyl groups excluding tert-OH is 2. The molecule has 29 heteroatoms. The van der Waals surface area contributed by atoms with Crippen LogP contribution in [0.15, 0.2) is 36.5 Å². The molecule has 4 fully saturated rings. The number of aliphatic hydroxyl groups is 2. The number of aromatic nitrogens is 4. The Balaban J connectivity index is 0.788. The van der Waals surface area contributed by atoms with Crippen molar-refractivity contribution < 1.29 is 85.3 Å². The standard InChI is InChI=1S/C45H68N7O18P3S/c1-25(29-9-10-30-28-8-7-26-20-27(53)12-15-44(26,4)31(28)13-16-45(29,30)5)6-11-34(55)74-19-18-47-33(54)14-17-48-41(58)38(57)43(2,3)22-67-73(64,65)70-72(62,63)66-21-32-37(69-71(59,60)61)36(56)42(68-32)52-24-51-35-39(46)49-23-50-40(35)52/h6,11,20,23-25,28-32,36-38,42,56-57H,7-10,12-19,21-22H2,1-5H3,(H,47,54)(H,48,58)(H,62,63)(H,64,65)(H2,46,49,50)(H2,59,60,61)/p-4/b11-6+/t25-,28+,29-,30+,31+,32-,36-,37-,38+,42-,44+,45-/m1/s1. The van der Waals surface area contributed by atoms with Crippen molar-refractivity contribution in [3.8, 4) is 0 Å². The number of nitrogens with one attached hydrogen (secondary N) is 2. The fraction of sp³-hybridized carbons (Fsp3) is 0.711. The first-order chi connectivity index (χ1) is 34.5. The molecule has 0 bridgehead atoms. The van der Waals surface area contributed by atoms with Crippen LogP contribution in [-0.2, 0) is 55.5 Å². The number of imidazole rings is 1. The summed E-state index contributed by atoms with van der Waals surface area (Å²) in [4.78, 5) is 110. The van der Waals surface area contributed by atoms with E-state index in [4.69, 9.17) is 10.5 Å². The van der Waals surface area contributed by atoms with E-state index in [1.165, 1.54) is 32.3 Å². The first-order valence-corrected chi connectivity index (χ1v) is 29.8. The third kappa shape index (κ3) is 13.3. The zero-order chi connectivity index (χ0) is 54.2. The number of anilines is 1. The monoisotopic (exact) mass is 1120 g/mol. The lowest BCUT2D eigenvalue weighted by molar-refractivity contribution is -0.347. The van der Waals surface area contributed by atoms with Crippen molar-refractivity contribution in [1.29, 1.82) is 0 Å². The number of nitrogen functional groups attached to an aromatic ring is 1. The third-order valence-electron chi connectivity index (χ3n) is 15.9. The summed E-state index contributed by atoms with van der Waals surface area (Å²) in [5.74, 6) is 1.62. The quantitative estimate of drug-likeness (QED) is 0.0633. The molecule has 412 valence electrons. The minimum Gasteiger partial charge on any atom is -0.790 e. The predicted molar refractivity (Wildman–Crippen MR) is 257 cm³/mol. The van der Waals surface area contributed by atoms with Gasteiger partial charge in [-0.15, -0.1) is 0 Å². The zero-order valence-electron chi connectivity index (χ0n) is 41.6. The Morgan fingerprint density at radius 1 is 1.01 bits per heavy atom. The molecule has 7 rings (SSSR count). The van der Waals surface area contributed by atoms with Gasteiger partial charge in [0.25, 0.3) is 15.6 Å². The highest BCUT2D eigenvalue weighted by Crippen LogP contribution is 2.67. The molecule has 0 spiro atoms. The van der Waals surface area contributed by atoms with Gasteiger partial charge in [-0.25, -0.2) is 19.3 Å². The van der Waals surface area contributed by atoms with Gasteiger partial charge in [0, 0.05) is 37.1 Å². The number of thioether (sulfide) groups is 1. The molecular formula is C45H64N7O18P3S-4. The van der Waals surface area contributed by atoms with Gasteiger partial charge in [0.1, 0.15) is 36.3 Å². The second kappa shape index (κ2) is 23.0. The van der Waals surface area contributed by atoms with Crippen molar-refractivity contribution in [3.63, 3.8) is 0 Å². The van der Waals surface area contributed by atoms with Crippen LogP contribution in [-0.4, -0.2) is 109 Å². The van der Waals surface area contributed by atoms with E-state index in [9.17, 15) is 62.7 Å². The number of phosphoric ester groups is 3. The predicted octanol–water partition coefficient (Wildman–Crippen LogP) is 1.48. The maximum Gasteiger partial charge on any atom is 0.274 e. The Kier molecular flexibility index (Phi) is 18.1. The van der Waals surface area contributed by atoms with Crippen LogP contribution in [0.25, 0.3) is 11.2 Å². The van der Waals surface area contributed by atoms with E-state index in [1.807, 2.05) is 12.2 Å². The van der Waals surface area contributed by atoms with Gasteiger partial charge in [-0.05, 0) is 97.5 Å². The molecule has 3 saturated carbocycles. The second-order valence-electron chi connectivity index (χ2n) is 21.1. The van der Waals surface area contributed by atoms with E-state index in [0.29, 0.717) is 35.8 Å². The number of nitrogens with two attached hydrogens (primary N) is 1. The van der Waals surface area contributed by atoms with Crippen LogP contribution in [0.4, 0.5) is 5.82 Å². The first kappa shape index (κ1) is 58.4. The normalized spacial score (nSPS) is 31.7. The van der Waals surface area contributed by atoms with Crippen LogP contribution in [0.1, 0.15) is 98.6 Å². The zero-order valence-corrected chi connectivity index (χ0v) is 45.1. The van der Waals surface area contributed by atoms with Crippen LogP contribution in [0.3, 0.4) is 0 Å². The number of amides is 2. The van der Waals surface area contributed by atoms with Gasteiger partial charge in [-0.1, -0.05) is 58.0 Å². The molecule has 2 aromatic heterocycles. The van der Waals surface area contributed by atoms with Gasteiger partial charge in [-0.2, -0.15) is 0 Å². The van der Waals surface area contributed by atoms with Crippen molar-refractivity contribution in [1.82, 2.24) is 30.2 Å². The number of carbonyl (C=O) groups is 4. The van der Waals surface area contributed by atoms with Gasteiger partial charge in [0.15, 0.2) is 23.5 Å². The maximum atomic E-state index is 12.8. The molecule has 1 saturated heterocycles. The van der Waals surface area contributed by atoms with Crippen molar-refractivity contribution in [2.45, 2.75) is 123 Å². The summed E-state index contributed by atoms with van der Waals surface area (Å²) in [6.07, 6.45) is 6.36. The highest BCUT2D eigenvalue weighted by atomic mass is 32.2. The van der Waals surface area contributed by atoms with Crippen molar-refractivity contribution in [3.05, 3.63) is 36.5 Å². The molecule has 3 heterocycles. The average molecular weight is 1120 g/mol. The Hall–Kier alpha value is -3.29. The highest BCUT2D eigenvalue weighted by Gasteiger charge is 2.59. The van der Waals surface area contributed by atoms with Gasteiger partial charge in [-0.3, -0.25) is 32.9 Å². The molecule has 2 unspecified atom stereocenters. The molecule has 4 aliphatic carbocycles. The first-order valence-electron chi connectivity index (χ1n) is 24.4. The van der Waals surface area contributed by atoms with Gasteiger partial charge in [0.2, 0.25) is 16.9 Å². The summed E-state index contributed by atoms with van der Waals surface area (Å²) in [7, 11) is -17.7. The summed E-state index contributed by atoms with van der Waals surface area (Å²) in [5.41, 5.74) is 5.77. The molecule has 6 N–H and O–H groups in total. The summed E-state index contributed by atoms with van der Waals surface area (Å²) < 4.78 is 61.1. The average Bonchev–Trinajstić information content (AvgIpc) is 4.00. The number of rotatable bonds is 22. The van der Waals surface area contributed by atoms with Gasteiger partial charge >= 0.3 is 0 Å². The number of allylic oxidation sites excluding steroid dienone is 2. The number of ketones is 1. The Bertz CT molecular complexity index is 2650. The molecule has 2 aromatic rings. The highest BCUT2D eigenvalue weighted by molar-refractivity contribution is 8.14. The topological polar surface area (TPSA) is 392 Å². The number of fused-ring (bicyclic) bond motifs is 6. The number of carbonyl (C=O) groups excluding carboxylic acids is 4. The largest absolute Gasteiger partial charge is 0.790 e. The Morgan fingerprint density at radius 2 is 1.74 bits per heavy atom. The third-order valence-corrected chi connectivity index (χ3v) is 19.8. The molecular weight excluding hydrogens is 1050 g/mol. The van der Waals surface area contributed by atoms with E-state index < -0.39 is 84.6 Å². The lowest BCUT2D eigenvalue weighted by atomic mass is 9.46. The van der Waals surface area contributed by atoms with E-state index in [2.05, 4.69) is 64.2 Å². The van der Waals surface area contributed by atoms with Crippen LogP contribution in [0.5, 0.6) is 0 Å². The van der Waals surface area contributed by atoms with E-state index in [1.54, 1.807) is 6.08 Å². The fourth-order valence-electron chi connectivity index (χ4n) is 12.1.